The van der Waals surface area contributed by atoms with E-state index in [4.69, 9.17) is 16.0 Å². The second kappa shape index (κ2) is 8.73. The maximum absolute atomic E-state index is 12.5. The first-order valence-corrected chi connectivity index (χ1v) is 10.3. The summed E-state index contributed by atoms with van der Waals surface area (Å²) >= 11 is 5.99. The largest absolute Gasteiger partial charge is 0.507 e. The molecular weight excluding hydrogens is 414 g/mol. The molecule has 1 fully saturated rings. The lowest BCUT2D eigenvalue weighted by atomic mass is 10.0. The van der Waals surface area contributed by atoms with Gasteiger partial charge in [0, 0.05) is 36.1 Å². The molecule has 1 unspecified atom stereocenters. The van der Waals surface area contributed by atoms with E-state index in [-0.39, 0.29) is 18.2 Å². The number of piperidine rings is 1. The molecule has 3 aromatic rings. The lowest BCUT2D eigenvalue weighted by molar-refractivity contribution is 0.108. The van der Waals surface area contributed by atoms with Crippen LogP contribution in [0.5, 0.6) is 5.75 Å². The van der Waals surface area contributed by atoms with Crippen molar-refractivity contribution in [3.8, 4) is 17.0 Å². The highest BCUT2D eigenvalue weighted by Crippen LogP contribution is 2.35. The number of hydrogen-bond donors (Lipinski definition) is 2. The van der Waals surface area contributed by atoms with E-state index in [0.29, 0.717) is 46.6 Å². The number of aromatic nitrogens is 2. The van der Waals surface area contributed by atoms with Crippen LogP contribution in [-0.4, -0.2) is 52.1 Å². The van der Waals surface area contributed by atoms with Gasteiger partial charge in [0.15, 0.2) is 5.58 Å². The van der Waals surface area contributed by atoms with Crippen LogP contribution in [0.25, 0.3) is 22.5 Å². The van der Waals surface area contributed by atoms with Crippen molar-refractivity contribution in [3.05, 3.63) is 34.9 Å². The van der Waals surface area contributed by atoms with Crippen LogP contribution in [-0.2, 0) is 0 Å². The van der Waals surface area contributed by atoms with Gasteiger partial charge in [-0.2, -0.15) is 4.98 Å². The number of pyridine rings is 1. The third kappa shape index (κ3) is 4.65. The van der Waals surface area contributed by atoms with Gasteiger partial charge in [0.25, 0.3) is 6.01 Å². The van der Waals surface area contributed by atoms with Crippen LogP contribution in [0, 0.1) is 6.92 Å². The summed E-state index contributed by atoms with van der Waals surface area (Å²) in [5.74, 6) is 0.0554. The van der Waals surface area contributed by atoms with Crippen LogP contribution in [0.1, 0.15) is 24.8 Å². The summed E-state index contributed by atoms with van der Waals surface area (Å²) in [6.07, 6.45) is -0.544. The SMILES string of the molecule is Cc1cc(Cl)cc(O)c1-c1ccc2oc(NC3CCCN(CCC(F)F)C3)nc2n1. The zero-order valence-electron chi connectivity index (χ0n) is 16.5. The van der Waals surface area contributed by atoms with Crippen LogP contribution in [0.3, 0.4) is 0 Å². The van der Waals surface area contributed by atoms with Crippen LogP contribution < -0.4 is 5.32 Å². The highest BCUT2D eigenvalue weighted by molar-refractivity contribution is 6.31. The van der Waals surface area contributed by atoms with Gasteiger partial charge in [-0.1, -0.05) is 11.6 Å². The van der Waals surface area contributed by atoms with Crippen molar-refractivity contribution in [1.29, 1.82) is 0 Å². The van der Waals surface area contributed by atoms with Gasteiger partial charge in [-0.3, -0.25) is 0 Å². The Hall–Kier alpha value is -2.45. The number of phenols is 1. The number of benzene rings is 1. The Kier molecular flexibility index (Phi) is 6.06. The molecule has 1 aromatic carbocycles. The quantitative estimate of drug-likeness (QED) is 0.560. The van der Waals surface area contributed by atoms with E-state index < -0.39 is 6.43 Å². The van der Waals surface area contributed by atoms with Gasteiger partial charge in [-0.15, -0.1) is 0 Å². The number of alkyl halides is 2. The van der Waals surface area contributed by atoms with Gasteiger partial charge in [0.05, 0.1) is 5.69 Å². The summed E-state index contributed by atoms with van der Waals surface area (Å²) in [5.41, 5.74) is 2.93. The molecule has 1 atom stereocenters. The molecule has 1 aliphatic rings. The van der Waals surface area contributed by atoms with Crippen molar-refractivity contribution in [2.75, 3.05) is 25.0 Å². The van der Waals surface area contributed by atoms with E-state index >= 15 is 0 Å². The van der Waals surface area contributed by atoms with Crippen LogP contribution >= 0.6 is 11.6 Å². The summed E-state index contributed by atoms with van der Waals surface area (Å²) in [4.78, 5) is 11.0. The number of likely N-dealkylation sites (tertiary alicyclic amines) is 1. The number of hydrogen-bond acceptors (Lipinski definition) is 6. The number of oxazole rings is 1. The Morgan fingerprint density at radius 1 is 1.33 bits per heavy atom. The standard InChI is InChI=1S/C21H23ClF2N4O2/c1-12-9-13(22)10-16(29)19(12)15-4-5-17-20(26-15)27-21(30-17)25-14-3-2-7-28(11-14)8-6-18(23)24/h4-5,9-10,14,18,29H,2-3,6-8,11H2,1H3,(H,25,26,27). The molecule has 2 N–H and O–H groups in total. The van der Waals surface area contributed by atoms with Crippen LogP contribution in [0.2, 0.25) is 5.02 Å². The van der Waals surface area contributed by atoms with Crippen molar-refractivity contribution in [1.82, 2.24) is 14.9 Å². The molecule has 9 heteroatoms. The molecule has 160 valence electrons. The summed E-state index contributed by atoms with van der Waals surface area (Å²) in [5, 5.41) is 14.0. The summed E-state index contributed by atoms with van der Waals surface area (Å²) < 4.78 is 30.7. The molecule has 0 bridgehead atoms. The lowest BCUT2D eigenvalue weighted by Crippen LogP contribution is -2.42. The Bertz CT molecular complexity index is 1020. The van der Waals surface area contributed by atoms with Gasteiger partial charge in [-0.25, -0.2) is 13.8 Å². The van der Waals surface area contributed by atoms with Gasteiger partial charge < -0.3 is 19.7 Å². The van der Waals surface area contributed by atoms with E-state index in [1.54, 1.807) is 18.2 Å². The molecule has 0 spiro atoms. The van der Waals surface area contributed by atoms with E-state index in [2.05, 4.69) is 15.3 Å². The Labute approximate surface area is 177 Å². The maximum Gasteiger partial charge on any atom is 0.297 e. The summed E-state index contributed by atoms with van der Waals surface area (Å²) in [6, 6.07) is 7.20. The second-order valence-corrected chi connectivity index (χ2v) is 8.05. The number of nitrogens with one attached hydrogen (secondary N) is 1. The van der Waals surface area contributed by atoms with Gasteiger partial charge in [0.2, 0.25) is 12.1 Å². The van der Waals surface area contributed by atoms with Crippen LogP contribution in [0.4, 0.5) is 14.8 Å². The van der Waals surface area contributed by atoms with Gasteiger partial charge in [0.1, 0.15) is 5.75 Å². The van der Waals surface area contributed by atoms with Crippen molar-refractivity contribution in [2.45, 2.75) is 38.7 Å². The van der Waals surface area contributed by atoms with Crippen molar-refractivity contribution >= 4 is 28.8 Å². The number of nitrogens with zero attached hydrogens (tertiary/aromatic N) is 3. The number of rotatable bonds is 6. The molecular formula is C21H23ClF2N4O2. The molecule has 4 rings (SSSR count). The van der Waals surface area contributed by atoms with Crippen molar-refractivity contribution in [2.24, 2.45) is 0 Å². The minimum Gasteiger partial charge on any atom is -0.507 e. The third-order valence-corrected chi connectivity index (χ3v) is 5.50. The Balaban J connectivity index is 1.51. The highest BCUT2D eigenvalue weighted by Gasteiger charge is 2.22. The monoisotopic (exact) mass is 436 g/mol. The van der Waals surface area contributed by atoms with Crippen molar-refractivity contribution in [3.63, 3.8) is 0 Å². The number of phenolic OH excluding ortho intramolecular Hbond substituents is 1. The fourth-order valence-electron chi connectivity index (χ4n) is 3.91. The molecule has 3 heterocycles. The number of fused-ring (bicyclic) bond motifs is 1. The topological polar surface area (TPSA) is 74.4 Å². The van der Waals surface area contributed by atoms with E-state index in [1.165, 1.54) is 6.07 Å². The average Bonchev–Trinajstić information content (AvgIpc) is 3.07. The van der Waals surface area contributed by atoms with E-state index in [9.17, 15) is 13.9 Å². The molecule has 0 saturated carbocycles. The second-order valence-electron chi connectivity index (χ2n) is 7.62. The first-order valence-electron chi connectivity index (χ1n) is 9.93. The molecule has 0 aliphatic carbocycles. The predicted octanol–water partition coefficient (Wildman–Crippen LogP) is 5.09. The number of aryl methyl sites for hydroxylation is 1. The lowest BCUT2D eigenvalue weighted by Gasteiger charge is -2.32. The Morgan fingerprint density at radius 2 is 2.17 bits per heavy atom. The van der Waals surface area contributed by atoms with E-state index in [1.807, 2.05) is 11.8 Å². The fourth-order valence-corrected chi connectivity index (χ4v) is 4.18. The molecule has 2 aromatic heterocycles. The molecule has 6 nitrogen and oxygen atoms in total. The average molecular weight is 437 g/mol. The molecule has 1 aliphatic heterocycles. The minimum atomic E-state index is -2.28. The third-order valence-electron chi connectivity index (χ3n) is 5.29. The molecule has 1 saturated heterocycles. The van der Waals surface area contributed by atoms with Crippen molar-refractivity contribution < 1.29 is 18.3 Å². The molecule has 30 heavy (non-hydrogen) atoms. The first kappa shape index (κ1) is 20.8. The number of anilines is 1. The smallest absolute Gasteiger partial charge is 0.297 e. The number of halogens is 3. The normalized spacial score (nSPS) is 17.7. The maximum atomic E-state index is 12.5. The first-order chi connectivity index (χ1) is 14.4. The van der Waals surface area contributed by atoms with Crippen LogP contribution in [0.15, 0.2) is 28.7 Å². The predicted molar refractivity (Wildman–Crippen MR) is 112 cm³/mol. The highest BCUT2D eigenvalue weighted by atomic mass is 35.5. The fraction of sp³-hybridized carbons (Fsp3) is 0.429. The zero-order valence-corrected chi connectivity index (χ0v) is 17.3. The number of aromatic hydroxyl groups is 1. The zero-order chi connectivity index (χ0) is 21.3. The Morgan fingerprint density at radius 3 is 2.93 bits per heavy atom. The summed E-state index contributed by atoms with van der Waals surface area (Å²) in [7, 11) is 0. The molecule has 0 amide bonds. The summed E-state index contributed by atoms with van der Waals surface area (Å²) in [6.45, 7) is 3.74. The van der Waals surface area contributed by atoms with E-state index in [0.717, 1.165) is 24.9 Å². The molecule has 0 radical (unpaired) electrons. The minimum absolute atomic E-state index is 0.0554. The van der Waals surface area contributed by atoms with Gasteiger partial charge >= 0.3 is 0 Å². The van der Waals surface area contributed by atoms with Gasteiger partial charge in [-0.05, 0) is 56.1 Å².